The van der Waals surface area contributed by atoms with E-state index in [-0.39, 0.29) is 5.41 Å². The average Bonchev–Trinajstić information content (AvgIpc) is 2.46. The predicted molar refractivity (Wildman–Crippen MR) is 94.0 cm³/mol. The van der Waals surface area contributed by atoms with Gasteiger partial charge < -0.3 is 4.90 Å². The molecule has 0 atom stereocenters. The SMILES string of the molecule is Cc1cc2c(cc1Br)N(Cc1ccccc1)CCC2(C)C. The van der Waals surface area contributed by atoms with Gasteiger partial charge in [-0.15, -0.1) is 0 Å². The minimum absolute atomic E-state index is 0.258. The number of anilines is 1. The van der Waals surface area contributed by atoms with E-state index in [1.54, 1.807) is 0 Å². The molecule has 110 valence electrons. The Morgan fingerprint density at radius 1 is 1.14 bits per heavy atom. The lowest BCUT2D eigenvalue weighted by Gasteiger charge is -2.41. The Morgan fingerprint density at radius 2 is 1.86 bits per heavy atom. The van der Waals surface area contributed by atoms with Crippen LogP contribution in [0.3, 0.4) is 0 Å². The van der Waals surface area contributed by atoms with Crippen molar-refractivity contribution in [2.24, 2.45) is 0 Å². The summed E-state index contributed by atoms with van der Waals surface area (Å²) in [6.07, 6.45) is 1.20. The van der Waals surface area contributed by atoms with Gasteiger partial charge in [0, 0.05) is 23.2 Å². The van der Waals surface area contributed by atoms with Crippen molar-refractivity contribution < 1.29 is 0 Å². The van der Waals surface area contributed by atoms with Crippen LogP contribution in [0.15, 0.2) is 46.9 Å². The smallest absolute Gasteiger partial charge is 0.0429 e. The van der Waals surface area contributed by atoms with Crippen LogP contribution in [0.1, 0.15) is 37.0 Å². The summed E-state index contributed by atoms with van der Waals surface area (Å²) < 4.78 is 1.21. The molecule has 0 fully saturated rings. The second kappa shape index (κ2) is 5.49. The maximum absolute atomic E-state index is 3.70. The summed E-state index contributed by atoms with van der Waals surface area (Å²) in [7, 11) is 0. The number of rotatable bonds is 2. The molecule has 1 nitrogen and oxygen atoms in total. The fourth-order valence-corrected chi connectivity index (χ4v) is 3.44. The molecule has 0 radical (unpaired) electrons. The quantitative estimate of drug-likeness (QED) is 0.701. The summed E-state index contributed by atoms with van der Waals surface area (Å²) in [4.78, 5) is 2.51. The van der Waals surface area contributed by atoms with Crippen LogP contribution < -0.4 is 4.90 Å². The second-order valence-electron chi connectivity index (χ2n) is 6.66. The number of hydrogen-bond acceptors (Lipinski definition) is 1. The minimum atomic E-state index is 0.258. The highest BCUT2D eigenvalue weighted by Gasteiger charge is 2.31. The predicted octanol–water partition coefficient (Wildman–Crippen LogP) is 5.45. The third-order valence-electron chi connectivity index (χ3n) is 4.57. The first kappa shape index (κ1) is 14.6. The fraction of sp³-hybridized carbons (Fsp3) is 0.368. The van der Waals surface area contributed by atoms with Crippen molar-refractivity contribution in [3.05, 3.63) is 63.6 Å². The summed E-state index contributed by atoms with van der Waals surface area (Å²) in [5.41, 5.74) is 5.81. The number of benzene rings is 2. The van der Waals surface area contributed by atoms with Crippen molar-refractivity contribution in [3.63, 3.8) is 0 Å². The number of nitrogens with zero attached hydrogens (tertiary/aromatic N) is 1. The lowest BCUT2D eigenvalue weighted by molar-refractivity contribution is 0.452. The molecule has 0 saturated carbocycles. The number of aryl methyl sites for hydroxylation is 1. The molecule has 1 aliphatic rings. The molecule has 2 aromatic carbocycles. The molecule has 0 bridgehead atoms. The standard InChI is InChI=1S/C19H22BrN/c1-14-11-16-18(12-17(14)20)21(10-9-19(16,2)3)13-15-7-5-4-6-8-15/h4-8,11-12H,9-10,13H2,1-3H3. The summed E-state index contributed by atoms with van der Waals surface area (Å²) in [6.45, 7) is 9.00. The summed E-state index contributed by atoms with van der Waals surface area (Å²) in [5.74, 6) is 0. The third kappa shape index (κ3) is 2.87. The van der Waals surface area contributed by atoms with E-state index in [9.17, 15) is 0 Å². The van der Waals surface area contributed by atoms with Crippen LogP contribution in [0.2, 0.25) is 0 Å². The molecule has 2 aromatic rings. The Bertz CT molecular complexity index is 646. The van der Waals surface area contributed by atoms with E-state index in [2.05, 4.69) is 84.1 Å². The lowest BCUT2D eigenvalue weighted by atomic mass is 9.77. The molecule has 1 aliphatic heterocycles. The van der Waals surface area contributed by atoms with Gasteiger partial charge in [0.05, 0.1) is 0 Å². The highest BCUT2D eigenvalue weighted by molar-refractivity contribution is 9.10. The first-order valence-corrected chi connectivity index (χ1v) is 8.36. The van der Waals surface area contributed by atoms with Crippen molar-refractivity contribution in [1.29, 1.82) is 0 Å². The zero-order valence-electron chi connectivity index (χ0n) is 13.0. The first-order chi connectivity index (χ1) is 9.97. The molecular formula is C19H22BrN. The first-order valence-electron chi connectivity index (χ1n) is 7.57. The molecule has 0 aliphatic carbocycles. The molecule has 0 amide bonds. The van der Waals surface area contributed by atoms with Gasteiger partial charge in [-0.25, -0.2) is 0 Å². The Balaban J connectivity index is 2.01. The number of hydrogen-bond donors (Lipinski definition) is 0. The Labute approximate surface area is 136 Å². The normalized spacial score (nSPS) is 16.7. The molecular weight excluding hydrogens is 322 g/mol. The average molecular weight is 344 g/mol. The topological polar surface area (TPSA) is 3.24 Å². The van der Waals surface area contributed by atoms with Crippen molar-refractivity contribution in [1.82, 2.24) is 0 Å². The highest BCUT2D eigenvalue weighted by Crippen LogP contribution is 2.42. The molecule has 3 rings (SSSR count). The van der Waals surface area contributed by atoms with Gasteiger partial charge in [0.1, 0.15) is 0 Å². The highest BCUT2D eigenvalue weighted by atomic mass is 79.9. The zero-order valence-corrected chi connectivity index (χ0v) is 14.6. The molecule has 2 heteroatoms. The molecule has 0 aromatic heterocycles. The van der Waals surface area contributed by atoms with Gasteiger partial charge in [-0.2, -0.15) is 0 Å². The van der Waals surface area contributed by atoms with Crippen LogP contribution in [0.25, 0.3) is 0 Å². The van der Waals surface area contributed by atoms with E-state index < -0.39 is 0 Å². The van der Waals surface area contributed by atoms with Crippen molar-refractivity contribution in [3.8, 4) is 0 Å². The zero-order chi connectivity index (χ0) is 15.0. The molecule has 0 spiro atoms. The van der Waals surface area contributed by atoms with Gasteiger partial charge in [0.2, 0.25) is 0 Å². The maximum atomic E-state index is 3.70. The minimum Gasteiger partial charge on any atom is -0.367 e. The van der Waals surface area contributed by atoms with E-state index in [0.717, 1.165) is 13.1 Å². The van der Waals surface area contributed by atoms with Gasteiger partial charge in [-0.3, -0.25) is 0 Å². The second-order valence-corrected chi connectivity index (χ2v) is 7.51. The largest absolute Gasteiger partial charge is 0.367 e. The Kier molecular flexibility index (Phi) is 3.83. The van der Waals surface area contributed by atoms with E-state index in [0.29, 0.717) is 0 Å². The number of fused-ring (bicyclic) bond motifs is 1. The molecule has 1 heterocycles. The maximum Gasteiger partial charge on any atom is 0.0429 e. The van der Waals surface area contributed by atoms with E-state index in [1.807, 2.05) is 0 Å². The van der Waals surface area contributed by atoms with Crippen molar-refractivity contribution in [2.75, 3.05) is 11.4 Å². The Morgan fingerprint density at radius 3 is 2.57 bits per heavy atom. The van der Waals surface area contributed by atoms with Crippen molar-refractivity contribution in [2.45, 2.75) is 39.2 Å². The number of halogens is 1. The van der Waals surface area contributed by atoms with Crippen LogP contribution in [0.4, 0.5) is 5.69 Å². The molecule has 21 heavy (non-hydrogen) atoms. The van der Waals surface area contributed by atoms with Crippen molar-refractivity contribution >= 4 is 21.6 Å². The van der Waals surface area contributed by atoms with Crippen LogP contribution in [-0.4, -0.2) is 6.54 Å². The van der Waals surface area contributed by atoms with E-state index in [4.69, 9.17) is 0 Å². The van der Waals surface area contributed by atoms with Gasteiger partial charge >= 0.3 is 0 Å². The lowest BCUT2D eigenvalue weighted by Crippen LogP contribution is -2.37. The van der Waals surface area contributed by atoms with Crippen LogP contribution in [0.5, 0.6) is 0 Å². The van der Waals surface area contributed by atoms with Crippen LogP contribution in [0, 0.1) is 6.92 Å². The van der Waals surface area contributed by atoms with Gasteiger partial charge in [-0.05, 0) is 41.5 Å². The molecule has 0 unspecified atom stereocenters. The monoisotopic (exact) mass is 343 g/mol. The van der Waals surface area contributed by atoms with Crippen LogP contribution in [-0.2, 0) is 12.0 Å². The molecule has 0 saturated heterocycles. The summed E-state index contributed by atoms with van der Waals surface area (Å²) >= 11 is 3.70. The molecule has 0 N–H and O–H groups in total. The van der Waals surface area contributed by atoms with Gasteiger partial charge in [0.25, 0.3) is 0 Å². The third-order valence-corrected chi connectivity index (χ3v) is 5.42. The van der Waals surface area contributed by atoms with E-state index in [1.165, 1.54) is 33.3 Å². The fourth-order valence-electron chi connectivity index (χ4n) is 3.11. The van der Waals surface area contributed by atoms with Crippen LogP contribution >= 0.6 is 15.9 Å². The summed E-state index contributed by atoms with van der Waals surface area (Å²) in [6, 6.07) is 15.4. The van der Waals surface area contributed by atoms with Gasteiger partial charge in [0.15, 0.2) is 0 Å². The van der Waals surface area contributed by atoms with Gasteiger partial charge in [-0.1, -0.05) is 66.2 Å². The Hall–Kier alpha value is -1.28. The summed E-state index contributed by atoms with van der Waals surface area (Å²) in [5, 5.41) is 0. The van der Waals surface area contributed by atoms with E-state index >= 15 is 0 Å².